The van der Waals surface area contributed by atoms with Gasteiger partial charge >= 0.3 is 0 Å². The second kappa shape index (κ2) is 5.33. The van der Waals surface area contributed by atoms with Crippen LogP contribution in [0.1, 0.15) is 11.1 Å². The summed E-state index contributed by atoms with van der Waals surface area (Å²) in [7, 11) is 0. The molecule has 2 aromatic rings. The predicted octanol–water partition coefficient (Wildman–Crippen LogP) is 1.78. The van der Waals surface area contributed by atoms with Gasteiger partial charge < -0.3 is 11.5 Å². The SMILES string of the molecule is NCCc1cnn(Cc2cccc(Br)c2)c1N. The second-order valence-electron chi connectivity index (χ2n) is 3.88. The third-order valence-electron chi connectivity index (χ3n) is 2.60. The van der Waals surface area contributed by atoms with Crippen molar-refractivity contribution in [3.63, 3.8) is 0 Å². The van der Waals surface area contributed by atoms with Crippen molar-refractivity contribution < 1.29 is 0 Å². The minimum absolute atomic E-state index is 0.590. The molecule has 0 saturated carbocycles. The summed E-state index contributed by atoms with van der Waals surface area (Å²) in [5, 5.41) is 4.28. The van der Waals surface area contributed by atoms with Crippen LogP contribution in [0, 0.1) is 0 Å². The van der Waals surface area contributed by atoms with E-state index in [0.717, 1.165) is 22.0 Å². The van der Waals surface area contributed by atoms with E-state index >= 15 is 0 Å². The number of nitrogens with zero attached hydrogens (tertiary/aromatic N) is 2. The minimum atomic E-state index is 0.590. The van der Waals surface area contributed by atoms with Crippen LogP contribution in [0.2, 0.25) is 0 Å². The Morgan fingerprint density at radius 2 is 2.18 bits per heavy atom. The summed E-state index contributed by atoms with van der Waals surface area (Å²) in [6, 6.07) is 8.11. The van der Waals surface area contributed by atoms with E-state index in [2.05, 4.69) is 33.2 Å². The first-order valence-corrected chi connectivity index (χ1v) is 6.24. The molecule has 0 amide bonds. The quantitative estimate of drug-likeness (QED) is 0.903. The highest BCUT2D eigenvalue weighted by atomic mass is 79.9. The van der Waals surface area contributed by atoms with E-state index in [4.69, 9.17) is 11.5 Å². The highest BCUT2D eigenvalue weighted by molar-refractivity contribution is 9.10. The van der Waals surface area contributed by atoms with Gasteiger partial charge in [0.05, 0.1) is 12.7 Å². The van der Waals surface area contributed by atoms with E-state index in [-0.39, 0.29) is 0 Å². The molecule has 5 heteroatoms. The van der Waals surface area contributed by atoms with Crippen LogP contribution in [0.4, 0.5) is 5.82 Å². The number of hydrogen-bond acceptors (Lipinski definition) is 3. The summed E-state index contributed by atoms with van der Waals surface area (Å²) in [6.07, 6.45) is 2.56. The van der Waals surface area contributed by atoms with Gasteiger partial charge in [-0.3, -0.25) is 0 Å². The number of hydrogen-bond donors (Lipinski definition) is 2. The molecule has 0 fully saturated rings. The van der Waals surface area contributed by atoms with Gasteiger partial charge in [-0.1, -0.05) is 28.1 Å². The molecule has 1 aromatic carbocycles. The number of nitrogens with two attached hydrogens (primary N) is 2. The summed E-state index contributed by atoms with van der Waals surface area (Å²) in [5.41, 5.74) is 13.7. The Labute approximate surface area is 109 Å². The van der Waals surface area contributed by atoms with Gasteiger partial charge in [-0.25, -0.2) is 4.68 Å². The molecule has 0 radical (unpaired) electrons. The van der Waals surface area contributed by atoms with Crippen molar-refractivity contribution >= 4 is 21.7 Å². The van der Waals surface area contributed by atoms with Crippen LogP contribution in [0.5, 0.6) is 0 Å². The molecule has 1 aromatic heterocycles. The molecule has 17 heavy (non-hydrogen) atoms. The lowest BCUT2D eigenvalue weighted by atomic mass is 10.2. The fraction of sp³-hybridized carbons (Fsp3) is 0.250. The van der Waals surface area contributed by atoms with Gasteiger partial charge in [0.25, 0.3) is 0 Å². The molecule has 2 rings (SSSR count). The zero-order chi connectivity index (χ0) is 12.3. The van der Waals surface area contributed by atoms with Crippen LogP contribution in [0.15, 0.2) is 34.9 Å². The zero-order valence-corrected chi connectivity index (χ0v) is 11.0. The van der Waals surface area contributed by atoms with Crippen molar-refractivity contribution in [3.8, 4) is 0 Å². The average Bonchev–Trinajstić information content (AvgIpc) is 2.62. The van der Waals surface area contributed by atoms with Crippen molar-refractivity contribution in [2.24, 2.45) is 5.73 Å². The fourth-order valence-corrected chi connectivity index (χ4v) is 2.16. The number of anilines is 1. The van der Waals surface area contributed by atoms with Gasteiger partial charge in [0.2, 0.25) is 0 Å². The molecule has 0 atom stereocenters. The van der Waals surface area contributed by atoms with E-state index in [0.29, 0.717) is 18.9 Å². The van der Waals surface area contributed by atoms with Crippen LogP contribution in [0.3, 0.4) is 0 Å². The normalized spacial score (nSPS) is 10.7. The maximum absolute atomic E-state index is 6.01. The predicted molar refractivity (Wildman–Crippen MR) is 72.6 cm³/mol. The third kappa shape index (κ3) is 2.87. The Kier molecular flexibility index (Phi) is 3.81. The van der Waals surface area contributed by atoms with Crippen LogP contribution < -0.4 is 11.5 Å². The first-order chi connectivity index (χ1) is 8.20. The molecule has 4 nitrogen and oxygen atoms in total. The maximum Gasteiger partial charge on any atom is 0.125 e. The topological polar surface area (TPSA) is 69.9 Å². The number of nitrogen functional groups attached to an aromatic ring is 1. The Balaban J connectivity index is 2.19. The molecular weight excluding hydrogens is 280 g/mol. The second-order valence-corrected chi connectivity index (χ2v) is 4.80. The Hall–Kier alpha value is -1.33. The van der Waals surface area contributed by atoms with Crippen molar-refractivity contribution in [3.05, 3.63) is 46.1 Å². The molecule has 90 valence electrons. The van der Waals surface area contributed by atoms with Gasteiger partial charge in [-0.2, -0.15) is 5.10 Å². The lowest BCUT2D eigenvalue weighted by Crippen LogP contribution is -2.08. The Bertz CT molecular complexity index is 507. The van der Waals surface area contributed by atoms with Crippen LogP contribution in [-0.2, 0) is 13.0 Å². The summed E-state index contributed by atoms with van der Waals surface area (Å²) >= 11 is 3.45. The smallest absolute Gasteiger partial charge is 0.125 e. The van der Waals surface area contributed by atoms with Gasteiger partial charge in [0, 0.05) is 10.0 Å². The fourth-order valence-electron chi connectivity index (χ4n) is 1.72. The molecule has 0 aliphatic heterocycles. The van der Waals surface area contributed by atoms with Crippen molar-refractivity contribution in [2.75, 3.05) is 12.3 Å². The van der Waals surface area contributed by atoms with E-state index in [1.165, 1.54) is 0 Å². The van der Waals surface area contributed by atoms with E-state index in [9.17, 15) is 0 Å². The minimum Gasteiger partial charge on any atom is -0.384 e. The third-order valence-corrected chi connectivity index (χ3v) is 3.09. The zero-order valence-electron chi connectivity index (χ0n) is 9.44. The first kappa shape index (κ1) is 12.1. The van der Waals surface area contributed by atoms with E-state index in [1.54, 1.807) is 10.9 Å². The monoisotopic (exact) mass is 294 g/mol. The molecular formula is C12H15BrN4. The number of halogens is 1. The Morgan fingerprint density at radius 1 is 1.35 bits per heavy atom. The number of aromatic nitrogens is 2. The molecule has 0 aliphatic carbocycles. The number of rotatable bonds is 4. The van der Waals surface area contributed by atoms with Gasteiger partial charge in [0.1, 0.15) is 5.82 Å². The molecule has 1 heterocycles. The van der Waals surface area contributed by atoms with Crippen molar-refractivity contribution in [1.82, 2.24) is 9.78 Å². The standard InChI is InChI=1S/C12H15BrN4/c13-11-3-1-2-9(6-11)8-17-12(15)10(4-5-14)7-16-17/h1-3,6-7H,4-5,8,14-15H2. The largest absolute Gasteiger partial charge is 0.384 e. The summed E-state index contributed by atoms with van der Waals surface area (Å²) in [6.45, 7) is 1.27. The van der Waals surface area contributed by atoms with Crippen LogP contribution in [-0.4, -0.2) is 16.3 Å². The maximum atomic E-state index is 6.01. The van der Waals surface area contributed by atoms with Gasteiger partial charge in [-0.15, -0.1) is 0 Å². The highest BCUT2D eigenvalue weighted by Gasteiger charge is 2.06. The summed E-state index contributed by atoms with van der Waals surface area (Å²) in [5.74, 6) is 0.704. The lowest BCUT2D eigenvalue weighted by Gasteiger charge is -2.05. The average molecular weight is 295 g/mol. The van der Waals surface area contributed by atoms with Crippen molar-refractivity contribution in [1.29, 1.82) is 0 Å². The summed E-state index contributed by atoms with van der Waals surface area (Å²) in [4.78, 5) is 0. The number of benzene rings is 1. The van der Waals surface area contributed by atoms with Crippen molar-refractivity contribution in [2.45, 2.75) is 13.0 Å². The Morgan fingerprint density at radius 3 is 2.88 bits per heavy atom. The molecule has 0 bridgehead atoms. The molecule has 0 unspecified atom stereocenters. The molecule has 0 saturated heterocycles. The highest BCUT2D eigenvalue weighted by Crippen LogP contribution is 2.16. The molecule has 4 N–H and O–H groups in total. The van der Waals surface area contributed by atoms with Crippen LogP contribution >= 0.6 is 15.9 Å². The van der Waals surface area contributed by atoms with E-state index in [1.807, 2.05) is 12.1 Å². The molecule has 0 aliphatic rings. The van der Waals surface area contributed by atoms with Gasteiger partial charge in [0.15, 0.2) is 0 Å². The van der Waals surface area contributed by atoms with Crippen LogP contribution in [0.25, 0.3) is 0 Å². The molecule has 0 spiro atoms. The summed E-state index contributed by atoms with van der Waals surface area (Å²) < 4.78 is 2.86. The van der Waals surface area contributed by atoms with Gasteiger partial charge in [-0.05, 0) is 30.7 Å². The first-order valence-electron chi connectivity index (χ1n) is 5.45. The lowest BCUT2D eigenvalue weighted by molar-refractivity contribution is 0.696. The van der Waals surface area contributed by atoms with E-state index < -0.39 is 0 Å².